The zero-order chi connectivity index (χ0) is 15.3. The van der Waals surface area contributed by atoms with Crippen molar-refractivity contribution in [3.8, 4) is 0 Å². The number of ether oxygens (including phenoxy) is 2. The van der Waals surface area contributed by atoms with Gasteiger partial charge in [0, 0.05) is 5.69 Å². The highest BCUT2D eigenvalue weighted by Gasteiger charge is 2.25. The summed E-state index contributed by atoms with van der Waals surface area (Å²) in [6.45, 7) is 4.98. The average Bonchev–Trinajstić information content (AvgIpc) is 2.39. The van der Waals surface area contributed by atoms with E-state index in [0.717, 1.165) is 0 Å². The molecule has 1 aromatic rings. The summed E-state index contributed by atoms with van der Waals surface area (Å²) in [5, 5.41) is 0. The average molecular weight is 283 g/mol. The number of hydrogen-bond acceptors (Lipinski definition) is 5. The van der Waals surface area contributed by atoms with Crippen LogP contribution in [0.3, 0.4) is 0 Å². The van der Waals surface area contributed by atoms with Crippen molar-refractivity contribution in [2.45, 2.75) is 33.3 Å². The maximum atomic E-state index is 13.9. The molecule has 5 nitrogen and oxygen atoms in total. The predicted octanol–water partition coefficient (Wildman–Crippen LogP) is 2.21. The standard InChI is InChI=1S/C14H18FNO4/c1-4-11(14(18)19-5-2)20-13(17)10-7-9(16)6-8(3)12(10)15/h6-7,11H,4-5,16H2,1-3H3. The lowest BCUT2D eigenvalue weighted by Crippen LogP contribution is -2.29. The Balaban J connectivity index is 2.93. The fourth-order valence-electron chi connectivity index (χ4n) is 1.67. The Labute approximate surface area is 116 Å². The molecule has 1 unspecified atom stereocenters. The van der Waals surface area contributed by atoms with Crippen LogP contribution >= 0.6 is 0 Å². The quantitative estimate of drug-likeness (QED) is 0.662. The molecule has 0 saturated carbocycles. The number of aryl methyl sites for hydroxylation is 1. The number of rotatable bonds is 5. The van der Waals surface area contributed by atoms with Gasteiger partial charge < -0.3 is 15.2 Å². The summed E-state index contributed by atoms with van der Waals surface area (Å²) in [6.07, 6.45) is -0.809. The van der Waals surface area contributed by atoms with Crippen LogP contribution in [0.25, 0.3) is 0 Å². The number of carbonyl (C=O) groups is 2. The van der Waals surface area contributed by atoms with Gasteiger partial charge in [0.05, 0.1) is 12.2 Å². The van der Waals surface area contributed by atoms with Crippen LogP contribution in [0.1, 0.15) is 36.2 Å². The predicted molar refractivity (Wildman–Crippen MR) is 71.7 cm³/mol. The lowest BCUT2D eigenvalue weighted by Gasteiger charge is -2.15. The molecule has 0 aliphatic rings. The van der Waals surface area contributed by atoms with Crippen LogP contribution < -0.4 is 5.73 Å². The summed E-state index contributed by atoms with van der Waals surface area (Å²) in [5.41, 5.74) is 5.77. The first kappa shape index (κ1) is 15.9. The Bertz CT molecular complexity index is 516. The zero-order valence-electron chi connectivity index (χ0n) is 11.7. The van der Waals surface area contributed by atoms with E-state index in [0.29, 0.717) is 0 Å². The largest absolute Gasteiger partial charge is 0.463 e. The fraction of sp³-hybridized carbons (Fsp3) is 0.429. The lowest BCUT2D eigenvalue weighted by atomic mass is 10.1. The van der Waals surface area contributed by atoms with Gasteiger partial charge >= 0.3 is 11.9 Å². The molecule has 0 aliphatic heterocycles. The van der Waals surface area contributed by atoms with E-state index in [4.69, 9.17) is 15.2 Å². The number of nitrogen functional groups attached to an aromatic ring is 1. The van der Waals surface area contributed by atoms with Crippen molar-refractivity contribution in [2.24, 2.45) is 0 Å². The Morgan fingerprint density at radius 3 is 2.55 bits per heavy atom. The Kier molecular flexibility index (Phi) is 5.49. The van der Waals surface area contributed by atoms with Gasteiger partial charge in [-0.05, 0) is 38.0 Å². The van der Waals surface area contributed by atoms with Crippen LogP contribution in [0, 0.1) is 12.7 Å². The van der Waals surface area contributed by atoms with Gasteiger partial charge in [0.1, 0.15) is 5.82 Å². The lowest BCUT2D eigenvalue weighted by molar-refractivity contribution is -0.153. The minimum absolute atomic E-state index is 0.179. The monoisotopic (exact) mass is 283 g/mol. The second-order valence-corrected chi connectivity index (χ2v) is 4.25. The molecule has 0 aliphatic carbocycles. The molecule has 0 fully saturated rings. The van der Waals surface area contributed by atoms with E-state index in [2.05, 4.69) is 0 Å². The van der Waals surface area contributed by atoms with Gasteiger partial charge in [-0.15, -0.1) is 0 Å². The first-order chi connectivity index (χ1) is 9.40. The van der Waals surface area contributed by atoms with E-state index in [1.807, 2.05) is 0 Å². The number of nitrogens with two attached hydrogens (primary N) is 1. The van der Waals surface area contributed by atoms with E-state index in [1.54, 1.807) is 13.8 Å². The normalized spacial score (nSPS) is 11.8. The van der Waals surface area contributed by atoms with E-state index >= 15 is 0 Å². The fourth-order valence-corrected chi connectivity index (χ4v) is 1.67. The minimum atomic E-state index is -1.05. The molecule has 1 atom stereocenters. The van der Waals surface area contributed by atoms with Crippen LogP contribution in [-0.4, -0.2) is 24.6 Å². The van der Waals surface area contributed by atoms with E-state index in [9.17, 15) is 14.0 Å². The first-order valence-corrected chi connectivity index (χ1v) is 6.33. The van der Waals surface area contributed by atoms with Crippen molar-refractivity contribution >= 4 is 17.6 Å². The number of benzene rings is 1. The van der Waals surface area contributed by atoms with E-state index in [-0.39, 0.29) is 29.8 Å². The number of anilines is 1. The molecular formula is C14H18FNO4. The number of esters is 2. The number of hydrogen-bond donors (Lipinski definition) is 1. The maximum Gasteiger partial charge on any atom is 0.347 e. The SMILES string of the molecule is CCOC(=O)C(CC)OC(=O)c1cc(N)cc(C)c1F. The van der Waals surface area contributed by atoms with E-state index < -0.39 is 23.9 Å². The molecule has 0 saturated heterocycles. The second kappa shape index (κ2) is 6.88. The van der Waals surface area contributed by atoms with E-state index in [1.165, 1.54) is 19.1 Å². The second-order valence-electron chi connectivity index (χ2n) is 4.25. The van der Waals surface area contributed by atoms with Gasteiger partial charge in [-0.1, -0.05) is 6.92 Å². The number of carbonyl (C=O) groups excluding carboxylic acids is 2. The Hall–Kier alpha value is -2.11. The smallest absolute Gasteiger partial charge is 0.347 e. The van der Waals surface area contributed by atoms with Crippen LogP contribution in [0.15, 0.2) is 12.1 Å². The Morgan fingerprint density at radius 2 is 2.00 bits per heavy atom. The van der Waals surface area contributed by atoms with Gasteiger partial charge in [-0.2, -0.15) is 0 Å². The first-order valence-electron chi connectivity index (χ1n) is 6.33. The third kappa shape index (κ3) is 3.69. The van der Waals surface area contributed by atoms with Crippen LogP contribution in [0.4, 0.5) is 10.1 Å². The molecule has 2 N–H and O–H groups in total. The molecule has 0 bridgehead atoms. The molecule has 0 aromatic heterocycles. The van der Waals surface area contributed by atoms with Gasteiger partial charge in [0.2, 0.25) is 0 Å². The molecule has 0 radical (unpaired) electrons. The minimum Gasteiger partial charge on any atom is -0.463 e. The molecule has 0 amide bonds. The molecular weight excluding hydrogens is 265 g/mol. The molecule has 0 heterocycles. The van der Waals surface area contributed by atoms with Crippen molar-refractivity contribution in [2.75, 3.05) is 12.3 Å². The molecule has 20 heavy (non-hydrogen) atoms. The van der Waals surface area contributed by atoms with Crippen LogP contribution in [0.5, 0.6) is 0 Å². The van der Waals surface area contributed by atoms with Crippen LogP contribution in [-0.2, 0) is 14.3 Å². The number of halogens is 1. The highest BCUT2D eigenvalue weighted by atomic mass is 19.1. The highest BCUT2D eigenvalue weighted by molar-refractivity contribution is 5.92. The zero-order valence-corrected chi connectivity index (χ0v) is 11.7. The molecule has 110 valence electrons. The molecule has 0 spiro atoms. The third-order valence-corrected chi connectivity index (χ3v) is 2.67. The van der Waals surface area contributed by atoms with Crippen LogP contribution in [0.2, 0.25) is 0 Å². The van der Waals surface area contributed by atoms with Gasteiger partial charge in [0.15, 0.2) is 6.10 Å². The molecule has 1 rings (SSSR count). The summed E-state index contributed by atoms with van der Waals surface area (Å²) in [6, 6.07) is 2.59. The van der Waals surface area contributed by atoms with Gasteiger partial charge in [0.25, 0.3) is 0 Å². The van der Waals surface area contributed by atoms with Gasteiger partial charge in [-0.3, -0.25) is 0 Å². The summed E-state index contributed by atoms with van der Waals surface area (Å²) in [7, 11) is 0. The summed E-state index contributed by atoms with van der Waals surface area (Å²) in [5.74, 6) is -2.29. The highest BCUT2D eigenvalue weighted by Crippen LogP contribution is 2.19. The van der Waals surface area contributed by atoms with Gasteiger partial charge in [-0.25, -0.2) is 14.0 Å². The topological polar surface area (TPSA) is 78.6 Å². The maximum absolute atomic E-state index is 13.9. The van der Waals surface area contributed by atoms with Crippen molar-refractivity contribution in [1.29, 1.82) is 0 Å². The Morgan fingerprint density at radius 1 is 1.35 bits per heavy atom. The third-order valence-electron chi connectivity index (χ3n) is 2.67. The summed E-state index contributed by atoms with van der Waals surface area (Å²) in [4.78, 5) is 23.5. The summed E-state index contributed by atoms with van der Waals surface area (Å²) >= 11 is 0. The van der Waals surface area contributed by atoms with Crippen molar-refractivity contribution in [3.05, 3.63) is 29.1 Å². The van der Waals surface area contributed by atoms with Crippen molar-refractivity contribution < 1.29 is 23.5 Å². The summed E-state index contributed by atoms with van der Waals surface area (Å²) < 4.78 is 23.6. The van der Waals surface area contributed by atoms with Crippen molar-refractivity contribution in [3.63, 3.8) is 0 Å². The molecule has 6 heteroatoms. The molecule has 1 aromatic carbocycles. The van der Waals surface area contributed by atoms with Crippen molar-refractivity contribution in [1.82, 2.24) is 0 Å².